The smallest absolute Gasteiger partial charge is 0.248 e. The third-order valence-corrected chi connectivity index (χ3v) is 0.452. The van der Waals surface area contributed by atoms with Gasteiger partial charge in [-0.05, 0) is 14.1 Å². The van der Waals surface area contributed by atoms with Gasteiger partial charge in [-0.25, -0.2) is 0 Å². The van der Waals surface area contributed by atoms with Gasteiger partial charge in [-0.1, -0.05) is 0 Å². The van der Waals surface area contributed by atoms with Crippen molar-refractivity contribution in [3.05, 3.63) is 0 Å². The van der Waals surface area contributed by atoms with Crippen LogP contribution >= 0.6 is 0 Å². The minimum Gasteiger partial charge on any atom is -0.406 e. The summed E-state index contributed by atoms with van der Waals surface area (Å²) in [6, 6.07) is 0. The van der Waals surface area contributed by atoms with Crippen LogP contribution < -0.4 is 0 Å². The van der Waals surface area contributed by atoms with Gasteiger partial charge in [0.2, 0.25) is 10.5 Å². The van der Waals surface area contributed by atoms with Gasteiger partial charge < -0.3 is 4.43 Å². The van der Waals surface area contributed by atoms with Crippen LogP contribution in [-0.2, 0) is 4.43 Å². The summed E-state index contributed by atoms with van der Waals surface area (Å²) < 4.78 is 4.53. The molecule has 0 aromatic rings. The molecule has 3 heteroatoms. The Labute approximate surface area is 41.6 Å². The predicted molar refractivity (Wildman–Crippen MR) is 25.4 cm³/mol. The molecule has 3 radical (unpaired) electrons. The Bertz CT molecular complexity index is 32.0. The number of hydrogen-bond acceptors (Lipinski definition) is 2. The number of hydrogen-bond donors (Lipinski definition) is 0. The lowest BCUT2D eigenvalue weighted by atomic mass is 11.0. The molecule has 0 atom stereocenters. The third-order valence-electron chi connectivity index (χ3n) is 0.323. The largest absolute Gasteiger partial charge is 0.406 e. The van der Waals surface area contributed by atoms with E-state index in [4.69, 9.17) is 0 Å². The summed E-state index contributed by atoms with van der Waals surface area (Å²) in [5.74, 6) is 0. The fourth-order valence-electron chi connectivity index (χ4n) is 0.129. The zero-order chi connectivity index (χ0) is 4.99. The molecule has 0 aromatic carbocycles. The predicted octanol–water partition coefficient (Wildman–Crippen LogP) is -0.394. The summed E-state index contributed by atoms with van der Waals surface area (Å²) in [6.07, 6.45) is 0. The number of nitrogens with zero attached hydrogens (tertiary/aromatic N) is 1. The highest BCUT2D eigenvalue weighted by atomic mass is 28.2. The van der Waals surface area contributed by atoms with Gasteiger partial charge in [0.15, 0.2) is 0 Å². The van der Waals surface area contributed by atoms with Crippen molar-refractivity contribution in [2.24, 2.45) is 0 Å². The first-order chi connectivity index (χ1) is 2.77. The van der Waals surface area contributed by atoms with E-state index in [2.05, 4.69) is 14.9 Å². The molecule has 35 valence electrons. The van der Waals surface area contributed by atoms with Crippen LogP contribution in [0.3, 0.4) is 0 Å². The molecule has 0 fully saturated rings. The van der Waals surface area contributed by atoms with Crippen molar-refractivity contribution >= 4 is 10.5 Å². The molecule has 0 saturated carbocycles. The van der Waals surface area contributed by atoms with Crippen LogP contribution in [0.4, 0.5) is 0 Å². The van der Waals surface area contributed by atoms with E-state index in [-0.39, 0.29) is 0 Å². The summed E-state index contributed by atoms with van der Waals surface area (Å²) in [5.41, 5.74) is 0. The standard InChI is InChI=1S/C3H8NOSi/c1-4(2)3-5-6/h3H2,1-2H3. The average molecular weight is 102 g/mol. The minimum atomic E-state index is 0.622. The lowest BCUT2D eigenvalue weighted by Gasteiger charge is -2.04. The summed E-state index contributed by atoms with van der Waals surface area (Å²) in [7, 11) is 6.71. The van der Waals surface area contributed by atoms with E-state index >= 15 is 0 Å². The molecule has 0 aliphatic carbocycles. The molecule has 0 unspecified atom stereocenters. The molecular weight excluding hydrogens is 94.1 g/mol. The average Bonchev–Trinajstić information content (AvgIpc) is 1.35. The Morgan fingerprint density at radius 3 is 2.17 bits per heavy atom. The molecule has 0 N–H and O–H groups in total. The Hall–Kier alpha value is 0.137. The highest BCUT2D eigenvalue weighted by Gasteiger charge is 1.79. The van der Waals surface area contributed by atoms with Crippen LogP contribution in [0.1, 0.15) is 0 Å². The van der Waals surface area contributed by atoms with Gasteiger partial charge in [0.25, 0.3) is 0 Å². The van der Waals surface area contributed by atoms with Gasteiger partial charge in [-0.15, -0.1) is 0 Å². The van der Waals surface area contributed by atoms with Crippen molar-refractivity contribution in [3.63, 3.8) is 0 Å². The van der Waals surface area contributed by atoms with E-state index < -0.39 is 0 Å². The maximum Gasteiger partial charge on any atom is 0.248 e. The summed E-state index contributed by atoms with van der Waals surface area (Å²) >= 11 is 0. The Kier molecular flexibility index (Phi) is 3.41. The van der Waals surface area contributed by atoms with E-state index in [0.717, 1.165) is 0 Å². The lowest BCUT2D eigenvalue weighted by molar-refractivity contribution is 0.194. The van der Waals surface area contributed by atoms with E-state index in [9.17, 15) is 0 Å². The van der Waals surface area contributed by atoms with Crippen molar-refractivity contribution in [2.45, 2.75) is 0 Å². The molecule has 0 spiro atoms. The van der Waals surface area contributed by atoms with Crippen molar-refractivity contribution in [3.8, 4) is 0 Å². The zero-order valence-electron chi connectivity index (χ0n) is 4.06. The second kappa shape index (κ2) is 3.33. The minimum absolute atomic E-state index is 0.622. The van der Waals surface area contributed by atoms with Gasteiger partial charge >= 0.3 is 0 Å². The molecule has 0 aliphatic rings. The first-order valence-corrected chi connectivity index (χ1v) is 2.11. The Morgan fingerprint density at radius 1 is 1.67 bits per heavy atom. The first-order valence-electron chi connectivity index (χ1n) is 1.70. The second-order valence-corrected chi connectivity index (χ2v) is 1.64. The molecule has 0 saturated heterocycles. The molecule has 0 aromatic heterocycles. The normalized spacial score (nSPS) is 10.0. The van der Waals surface area contributed by atoms with Gasteiger partial charge in [0, 0.05) is 0 Å². The van der Waals surface area contributed by atoms with Crippen LogP contribution in [-0.4, -0.2) is 36.2 Å². The van der Waals surface area contributed by atoms with Crippen LogP contribution in [0.2, 0.25) is 0 Å². The van der Waals surface area contributed by atoms with Crippen molar-refractivity contribution in [1.82, 2.24) is 4.90 Å². The Morgan fingerprint density at radius 2 is 2.17 bits per heavy atom. The lowest BCUT2D eigenvalue weighted by Crippen LogP contribution is -2.14. The highest BCUT2D eigenvalue weighted by Crippen LogP contribution is 1.68. The second-order valence-electron chi connectivity index (χ2n) is 1.35. The van der Waals surface area contributed by atoms with E-state index in [1.165, 1.54) is 0 Å². The van der Waals surface area contributed by atoms with Crippen LogP contribution in [0.15, 0.2) is 0 Å². The Balaban J connectivity index is 2.63. The number of rotatable bonds is 2. The zero-order valence-corrected chi connectivity index (χ0v) is 5.06. The van der Waals surface area contributed by atoms with Crippen LogP contribution in [0.25, 0.3) is 0 Å². The summed E-state index contributed by atoms with van der Waals surface area (Å²) in [5, 5.41) is 0. The van der Waals surface area contributed by atoms with E-state index in [0.29, 0.717) is 6.73 Å². The van der Waals surface area contributed by atoms with E-state index in [1.54, 1.807) is 0 Å². The van der Waals surface area contributed by atoms with Crippen molar-refractivity contribution in [2.75, 3.05) is 20.8 Å². The first kappa shape index (κ1) is 6.14. The molecule has 0 amide bonds. The topological polar surface area (TPSA) is 12.5 Å². The monoisotopic (exact) mass is 102 g/mol. The van der Waals surface area contributed by atoms with Gasteiger partial charge in [-0.2, -0.15) is 0 Å². The molecule has 2 nitrogen and oxygen atoms in total. The quantitative estimate of drug-likeness (QED) is 0.347. The molecule has 0 aliphatic heterocycles. The maximum absolute atomic E-state index is 4.53. The molecular formula is C3H8NOSi. The van der Waals surface area contributed by atoms with Gasteiger partial charge in [0.1, 0.15) is 0 Å². The summed E-state index contributed by atoms with van der Waals surface area (Å²) in [4.78, 5) is 1.91. The molecule has 0 rings (SSSR count). The van der Waals surface area contributed by atoms with Crippen LogP contribution in [0, 0.1) is 0 Å². The fourth-order valence-corrected chi connectivity index (χ4v) is 0.387. The highest BCUT2D eigenvalue weighted by molar-refractivity contribution is 5.97. The van der Waals surface area contributed by atoms with E-state index in [1.807, 2.05) is 19.0 Å². The van der Waals surface area contributed by atoms with Crippen molar-refractivity contribution < 1.29 is 4.43 Å². The molecule has 0 heterocycles. The van der Waals surface area contributed by atoms with Gasteiger partial charge in [-0.3, -0.25) is 4.90 Å². The maximum atomic E-state index is 4.53. The summed E-state index contributed by atoms with van der Waals surface area (Å²) in [6.45, 7) is 0.622. The van der Waals surface area contributed by atoms with Crippen molar-refractivity contribution in [1.29, 1.82) is 0 Å². The molecule has 0 bridgehead atoms. The molecule has 6 heavy (non-hydrogen) atoms. The van der Waals surface area contributed by atoms with Gasteiger partial charge in [0.05, 0.1) is 6.73 Å². The van der Waals surface area contributed by atoms with Crippen LogP contribution in [0.5, 0.6) is 0 Å². The third kappa shape index (κ3) is 4.14. The SMILES string of the molecule is CN(C)CO[Si]. The fraction of sp³-hybridized carbons (Fsp3) is 1.00.